The molecule has 0 saturated carbocycles. The van der Waals surface area contributed by atoms with E-state index in [1.807, 2.05) is 26.0 Å². The Morgan fingerprint density at radius 3 is 2.71 bits per heavy atom. The second kappa shape index (κ2) is 9.38. The lowest BCUT2D eigenvalue weighted by Gasteiger charge is -2.34. The Balaban J connectivity index is 1.53. The molecule has 168 valence electrons. The van der Waals surface area contributed by atoms with Crippen molar-refractivity contribution in [2.75, 3.05) is 64.5 Å². The summed E-state index contributed by atoms with van der Waals surface area (Å²) in [6, 6.07) is 5.53. The zero-order valence-electron chi connectivity index (χ0n) is 18.6. The fourth-order valence-electron chi connectivity index (χ4n) is 4.29. The zero-order chi connectivity index (χ0) is 22.0. The van der Waals surface area contributed by atoms with E-state index in [9.17, 15) is 9.59 Å². The van der Waals surface area contributed by atoms with Gasteiger partial charge in [0.25, 0.3) is 0 Å². The lowest BCUT2D eigenvalue weighted by molar-refractivity contribution is -0.00223. The van der Waals surface area contributed by atoms with Crippen LogP contribution in [0, 0.1) is 6.92 Å². The van der Waals surface area contributed by atoms with Crippen LogP contribution in [-0.4, -0.2) is 81.5 Å². The number of carbonyl (C=O) groups excluding carboxylic acids is 1. The van der Waals surface area contributed by atoms with E-state index in [0.29, 0.717) is 37.4 Å². The molecule has 1 aromatic heterocycles. The highest BCUT2D eigenvalue weighted by molar-refractivity contribution is 5.94. The summed E-state index contributed by atoms with van der Waals surface area (Å²) in [5, 5.41) is 0.904. The fourth-order valence-corrected chi connectivity index (χ4v) is 4.29. The Hall–Kier alpha value is -2.42. The number of amides is 2. The molecule has 2 aliphatic heterocycles. The quantitative estimate of drug-likeness (QED) is 0.694. The van der Waals surface area contributed by atoms with Gasteiger partial charge in [0.05, 0.1) is 25.9 Å². The first-order valence-electron chi connectivity index (χ1n) is 10.9. The van der Waals surface area contributed by atoms with E-state index in [1.165, 1.54) is 0 Å². The van der Waals surface area contributed by atoms with Crippen molar-refractivity contribution in [3.8, 4) is 0 Å². The van der Waals surface area contributed by atoms with E-state index in [4.69, 9.17) is 13.9 Å². The maximum Gasteiger partial charge on any atom is 0.339 e. The third-order valence-electron chi connectivity index (χ3n) is 6.24. The number of rotatable bonds is 4. The molecule has 0 radical (unpaired) electrons. The number of benzene rings is 1. The van der Waals surface area contributed by atoms with E-state index in [0.717, 1.165) is 49.4 Å². The van der Waals surface area contributed by atoms with Crippen LogP contribution in [0.3, 0.4) is 0 Å². The van der Waals surface area contributed by atoms with Gasteiger partial charge in [-0.2, -0.15) is 0 Å². The number of aryl methyl sites for hydroxylation is 1. The number of carbonyl (C=O) groups is 1. The topological polar surface area (TPSA) is 75.5 Å². The molecule has 1 aromatic carbocycles. The molecule has 31 heavy (non-hydrogen) atoms. The molecule has 0 bridgehead atoms. The predicted octanol–water partition coefficient (Wildman–Crippen LogP) is 2.25. The van der Waals surface area contributed by atoms with Crippen LogP contribution < -0.4 is 10.5 Å². The van der Waals surface area contributed by atoms with Crippen molar-refractivity contribution in [1.82, 2.24) is 9.80 Å². The fraction of sp³-hybridized carbons (Fsp3) is 0.565. The van der Waals surface area contributed by atoms with Crippen molar-refractivity contribution in [2.45, 2.75) is 26.4 Å². The second-order valence-electron chi connectivity index (χ2n) is 8.35. The van der Waals surface area contributed by atoms with Crippen molar-refractivity contribution in [3.05, 3.63) is 39.7 Å². The summed E-state index contributed by atoms with van der Waals surface area (Å²) in [6.45, 7) is 9.69. The number of urea groups is 1. The molecule has 2 saturated heterocycles. The lowest BCUT2D eigenvalue weighted by Crippen LogP contribution is -2.49. The summed E-state index contributed by atoms with van der Waals surface area (Å²) in [4.78, 5) is 31.3. The molecule has 3 heterocycles. The number of morpholine rings is 2. The summed E-state index contributed by atoms with van der Waals surface area (Å²) in [6.07, 6.45) is 0.679. The van der Waals surface area contributed by atoms with Gasteiger partial charge in [0, 0.05) is 62.5 Å². The van der Waals surface area contributed by atoms with Gasteiger partial charge in [-0.15, -0.1) is 0 Å². The van der Waals surface area contributed by atoms with Gasteiger partial charge in [-0.05, 0) is 38.0 Å². The predicted molar refractivity (Wildman–Crippen MR) is 119 cm³/mol. The molecule has 2 aromatic rings. The van der Waals surface area contributed by atoms with Gasteiger partial charge in [0.1, 0.15) is 5.58 Å². The third-order valence-corrected chi connectivity index (χ3v) is 6.24. The SMILES string of the molecule is Cc1c(CCN2CCOCC2)c(=O)oc2cc(N(C)C(=O)N3CCOC(C)C3)ccc12. The first-order valence-corrected chi connectivity index (χ1v) is 10.9. The van der Waals surface area contributed by atoms with Gasteiger partial charge < -0.3 is 18.8 Å². The minimum absolute atomic E-state index is 0.0271. The van der Waals surface area contributed by atoms with Crippen molar-refractivity contribution in [2.24, 2.45) is 0 Å². The molecule has 1 atom stereocenters. The van der Waals surface area contributed by atoms with Crippen LogP contribution in [0.5, 0.6) is 0 Å². The molecule has 0 spiro atoms. The summed E-state index contributed by atoms with van der Waals surface area (Å²) in [7, 11) is 1.74. The Bertz CT molecular complexity index is 999. The smallest absolute Gasteiger partial charge is 0.339 e. The van der Waals surface area contributed by atoms with Crippen LogP contribution in [0.2, 0.25) is 0 Å². The van der Waals surface area contributed by atoms with Crippen molar-refractivity contribution >= 4 is 22.7 Å². The molecule has 4 rings (SSSR count). The third kappa shape index (κ3) is 4.76. The normalized spacial score (nSPS) is 20.2. The van der Waals surface area contributed by atoms with Gasteiger partial charge in [-0.3, -0.25) is 9.80 Å². The number of fused-ring (bicyclic) bond motifs is 1. The maximum atomic E-state index is 12.9. The summed E-state index contributed by atoms with van der Waals surface area (Å²) in [5.74, 6) is 0. The van der Waals surface area contributed by atoms with Gasteiger partial charge in [0.15, 0.2) is 0 Å². The number of hydrogen-bond donors (Lipinski definition) is 0. The lowest BCUT2D eigenvalue weighted by atomic mass is 10.0. The van der Waals surface area contributed by atoms with Crippen molar-refractivity contribution in [3.63, 3.8) is 0 Å². The summed E-state index contributed by atoms with van der Waals surface area (Å²) < 4.78 is 16.6. The maximum absolute atomic E-state index is 12.9. The standard InChI is InChI=1S/C23H31N3O5/c1-16-15-26(10-13-30-16)23(28)24(3)18-4-5-19-17(2)20(22(27)31-21(19)14-18)6-7-25-8-11-29-12-9-25/h4-5,14,16H,6-13,15H2,1-3H3. The molecule has 0 N–H and O–H groups in total. The van der Waals surface area contributed by atoms with Gasteiger partial charge >= 0.3 is 11.7 Å². The molecule has 0 aliphatic carbocycles. The van der Waals surface area contributed by atoms with E-state index >= 15 is 0 Å². The van der Waals surface area contributed by atoms with Crippen molar-refractivity contribution in [1.29, 1.82) is 0 Å². The molecule has 2 amide bonds. The van der Waals surface area contributed by atoms with Crippen LogP contribution in [0.15, 0.2) is 27.4 Å². The minimum atomic E-state index is -0.300. The highest BCUT2D eigenvalue weighted by Crippen LogP contribution is 2.26. The molecular formula is C23H31N3O5. The zero-order valence-corrected chi connectivity index (χ0v) is 18.6. The second-order valence-corrected chi connectivity index (χ2v) is 8.35. The highest BCUT2D eigenvalue weighted by Gasteiger charge is 2.25. The Labute approximate surface area is 182 Å². The minimum Gasteiger partial charge on any atom is -0.422 e. The summed E-state index contributed by atoms with van der Waals surface area (Å²) >= 11 is 0. The first-order chi connectivity index (χ1) is 14.9. The number of ether oxygens (including phenoxy) is 2. The number of anilines is 1. The van der Waals surface area contributed by atoms with E-state index in [-0.39, 0.29) is 17.8 Å². The van der Waals surface area contributed by atoms with Gasteiger partial charge in [-0.1, -0.05) is 0 Å². The molecular weight excluding hydrogens is 398 g/mol. The van der Waals surface area contributed by atoms with Gasteiger partial charge in [-0.25, -0.2) is 9.59 Å². The van der Waals surface area contributed by atoms with Crippen molar-refractivity contribution < 1.29 is 18.7 Å². The first kappa shape index (κ1) is 21.8. The van der Waals surface area contributed by atoms with Gasteiger partial charge in [0.2, 0.25) is 0 Å². The molecule has 2 fully saturated rings. The number of hydrogen-bond acceptors (Lipinski definition) is 6. The van der Waals surface area contributed by atoms with Crippen LogP contribution in [0.1, 0.15) is 18.1 Å². The average molecular weight is 430 g/mol. The molecule has 8 nitrogen and oxygen atoms in total. The Morgan fingerprint density at radius 1 is 1.19 bits per heavy atom. The molecule has 1 unspecified atom stereocenters. The summed E-state index contributed by atoms with van der Waals surface area (Å²) in [5.41, 5.74) is 2.57. The van der Waals surface area contributed by atoms with Crippen LogP contribution in [0.4, 0.5) is 10.5 Å². The highest BCUT2D eigenvalue weighted by atomic mass is 16.5. The molecule has 2 aliphatic rings. The average Bonchev–Trinajstić information content (AvgIpc) is 2.78. The largest absolute Gasteiger partial charge is 0.422 e. The van der Waals surface area contributed by atoms with E-state index in [1.54, 1.807) is 22.9 Å². The van der Waals surface area contributed by atoms with Crippen LogP contribution in [-0.2, 0) is 15.9 Å². The van der Waals surface area contributed by atoms with Crippen LogP contribution in [0.25, 0.3) is 11.0 Å². The van der Waals surface area contributed by atoms with E-state index in [2.05, 4.69) is 4.90 Å². The Kier molecular flexibility index (Phi) is 6.60. The molecule has 8 heteroatoms. The van der Waals surface area contributed by atoms with Crippen LogP contribution >= 0.6 is 0 Å². The van der Waals surface area contributed by atoms with E-state index < -0.39 is 0 Å². The Morgan fingerprint density at radius 2 is 1.97 bits per heavy atom. The monoisotopic (exact) mass is 429 g/mol. The number of nitrogens with zero attached hydrogens (tertiary/aromatic N) is 3.